The highest BCUT2D eigenvalue weighted by molar-refractivity contribution is 7.89. The lowest BCUT2D eigenvalue weighted by Crippen LogP contribution is -2.33. The zero-order chi connectivity index (χ0) is 22.3. The fraction of sp³-hybridized carbons (Fsp3) is 0.0741. The molecule has 2 heterocycles. The fourth-order valence-electron chi connectivity index (χ4n) is 4.34. The van der Waals surface area contributed by atoms with Gasteiger partial charge in [0.25, 0.3) is 19.4 Å². The van der Waals surface area contributed by atoms with Gasteiger partial charge in [-0.05, 0) is 31.2 Å². The Bertz CT molecular complexity index is 1170. The van der Waals surface area contributed by atoms with Gasteiger partial charge < -0.3 is 0 Å². The third-order valence-electron chi connectivity index (χ3n) is 5.96. The van der Waals surface area contributed by atoms with Gasteiger partial charge in [0.1, 0.15) is 16.7 Å². The molecule has 0 unspecified atom stereocenters. The van der Waals surface area contributed by atoms with E-state index in [9.17, 15) is 9.59 Å². The number of rotatable bonds is 4. The van der Waals surface area contributed by atoms with E-state index in [4.69, 9.17) is 0 Å². The lowest BCUT2D eigenvalue weighted by Gasteiger charge is -2.29. The molecule has 2 aliphatic rings. The molecule has 0 fully saturated rings. The maximum absolute atomic E-state index is 16.9. The standard InChI is InChI=1S/C27H21FNO2P/c1-2-32(28)24(19-11-5-3-6-12-19)17-21(18-25(32)20-13-7-4-8-14-20)29-26(30)22-15-9-10-16-23(22)27(29)31/h3-18H,2H2,1H3/q+1. The Labute approximate surface area is 187 Å². The number of hydrogen-bond acceptors (Lipinski definition) is 2. The summed E-state index contributed by atoms with van der Waals surface area (Å²) in [5.74, 6) is -0.761. The highest BCUT2D eigenvalue weighted by atomic mass is 31.2. The summed E-state index contributed by atoms with van der Waals surface area (Å²) < 4.78 is 16.9. The Hall–Kier alpha value is -3.36. The summed E-state index contributed by atoms with van der Waals surface area (Å²) in [4.78, 5) is 27.5. The van der Waals surface area contributed by atoms with E-state index in [0.717, 1.165) is 11.1 Å². The summed E-state index contributed by atoms with van der Waals surface area (Å²) in [7, 11) is -3.25. The quantitative estimate of drug-likeness (QED) is 0.329. The van der Waals surface area contributed by atoms with Crippen LogP contribution in [0.2, 0.25) is 0 Å². The molecule has 0 N–H and O–H groups in total. The van der Waals surface area contributed by atoms with Gasteiger partial charge in [0.2, 0.25) is 0 Å². The third-order valence-corrected chi connectivity index (χ3v) is 9.13. The van der Waals surface area contributed by atoms with Crippen LogP contribution in [0.5, 0.6) is 0 Å². The molecule has 0 aromatic heterocycles. The topological polar surface area (TPSA) is 37.4 Å². The van der Waals surface area contributed by atoms with E-state index in [-0.39, 0.29) is 11.8 Å². The molecular weight excluding hydrogens is 420 g/mol. The van der Waals surface area contributed by atoms with Crippen LogP contribution in [0.15, 0.2) is 97.1 Å². The summed E-state index contributed by atoms with van der Waals surface area (Å²) in [5.41, 5.74) is 2.27. The van der Waals surface area contributed by atoms with Crippen molar-refractivity contribution in [1.29, 1.82) is 0 Å². The molecule has 5 rings (SSSR count). The predicted molar refractivity (Wildman–Crippen MR) is 128 cm³/mol. The molecule has 0 saturated carbocycles. The Balaban J connectivity index is 1.70. The van der Waals surface area contributed by atoms with Crippen molar-refractivity contribution in [3.8, 4) is 0 Å². The molecule has 32 heavy (non-hydrogen) atoms. The lowest BCUT2D eigenvalue weighted by atomic mass is 10.1. The number of amides is 2. The number of nitrogens with zero attached hydrogens (tertiary/aromatic N) is 1. The molecule has 0 spiro atoms. The van der Waals surface area contributed by atoms with Gasteiger partial charge in [0, 0.05) is 11.1 Å². The monoisotopic (exact) mass is 441 g/mol. The minimum atomic E-state index is -3.25. The normalized spacial score (nSPS) is 17.8. The van der Waals surface area contributed by atoms with Gasteiger partial charge in [-0.3, -0.25) is 14.5 Å². The molecule has 3 aromatic carbocycles. The first-order chi connectivity index (χ1) is 15.5. The van der Waals surface area contributed by atoms with E-state index >= 15 is 4.20 Å². The first-order valence-corrected chi connectivity index (χ1v) is 12.4. The average molecular weight is 441 g/mol. The van der Waals surface area contributed by atoms with Gasteiger partial charge in [0.15, 0.2) is 0 Å². The van der Waals surface area contributed by atoms with Gasteiger partial charge in [-0.15, -0.1) is 0 Å². The highest BCUT2D eigenvalue weighted by Gasteiger charge is 2.53. The summed E-state index contributed by atoms with van der Waals surface area (Å²) in [6.07, 6.45) is 3.71. The van der Waals surface area contributed by atoms with E-state index in [1.165, 1.54) is 4.90 Å². The maximum atomic E-state index is 16.9. The zero-order valence-corrected chi connectivity index (χ0v) is 18.4. The molecule has 157 valence electrons. The third kappa shape index (κ3) is 3.14. The molecule has 0 bridgehead atoms. The van der Waals surface area contributed by atoms with Crippen LogP contribution in [0.25, 0.3) is 10.6 Å². The Morgan fingerprint density at radius 2 is 1.09 bits per heavy atom. The second-order valence-corrected chi connectivity index (χ2v) is 10.8. The number of benzene rings is 3. The van der Waals surface area contributed by atoms with Crippen molar-refractivity contribution in [1.82, 2.24) is 4.90 Å². The minimum absolute atomic E-state index is 0.323. The molecule has 5 heteroatoms. The van der Waals surface area contributed by atoms with E-state index in [2.05, 4.69) is 0 Å². The van der Waals surface area contributed by atoms with Crippen LogP contribution in [-0.2, 0) is 0 Å². The molecule has 0 atom stereocenters. The SMILES string of the molecule is CC[P+]1(F)C(c2ccccc2)=C[C](N2C(=O)c3ccccc3C2=O)C=C1c1ccccc1. The molecule has 0 aliphatic carbocycles. The number of carbonyl (C=O) groups is 2. The second kappa shape index (κ2) is 7.96. The summed E-state index contributed by atoms with van der Waals surface area (Å²) >= 11 is 0. The molecule has 2 aliphatic heterocycles. The average Bonchev–Trinajstić information content (AvgIpc) is 3.10. The molecule has 2 amide bonds. The largest absolute Gasteiger partial charge is 0.269 e. The maximum Gasteiger partial charge on any atom is 0.267 e. The van der Waals surface area contributed by atoms with Crippen LogP contribution in [0.4, 0.5) is 4.20 Å². The summed E-state index contributed by atoms with van der Waals surface area (Å²) in [6, 6.07) is 26.0. The summed E-state index contributed by atoms with van der Waals surface area (Å²) in [5, 5.41) is 1.10. The molecule has 3 aromatic rings. The fourth-order valence-corrected chi connectivity index (χ4v) is 7.07. The number of imide groups is 1. The molecule has 1 radical (unpaired) electrons. The van der Waals surface area contributed by atoms with Crippen LogP contribution < -0.4 is 0 Å². The minimum Gasteiger partial charge on any atom is -0.269 e. The van der Waals surface area contributed by atoms with Gasteiger partial charge in [-0.1, -0.05) is 77.0 Å². The number of hydrogen-bond donors (Lipinski definition) is 0. The summed E-state index contributed by atoms with van der Waals surface area (Å²) in [6.45, 7) is 1.86. The Morgan fingerprint density at radius 1 is 0.688 bits per heavy atom. The van der Waals surface area contributed by atoms with E-state index in [0.29, 0.717) is 34.0 Å². The number of carbonyl (C=O) groups excluding carboxylic acids is 2. The van der Waals surface area contributed by atoms with Crippen molar-refractivity contribution in [2.45, 2.75) is 6.92 Å². The van der Waals surface area contributed by atoms with Crippen molar-refractivity contribution < 1.29 is 13.8 Å². The van der Waals surface area contributed by atoms with Crippen molar-refractivity contribution in [2.75, 3.05) is 6.16 Å². The van der Waals surface area contributed by atoms with E-state index < -0.39 is 7.57 Å². The van der Waals surface area contributed by atoms with Crippen molar-refractivity contribution in [2.24, 2.45) is 0 Å². The number of halogens is 1. The van der Waals surface area contributed by atoms with Crippen molar-refractivity contribution in [3.63, 3.8) is 0 Å². The van der Waals surface area contributed by atoms with Gasteiger partial charge in [-0.2, -0.15) is 0 Å². The molecule has 3 nitrogen and oxygen atoms in total. The number of fused-ring (bicyclic) bond motifs is 1. The molecule has 0 saturated heterocycles. The van der Waals surface area contributed by atoms with Gasteiger partial charge in [-0.25, -0.2) is 0 Å². The first kappa shape index (κ1) is 20.5. The van der Waals surface area contributed by atoms with Crippen molar-refractivity contribution in [3.05, 3.63) is 125 Å². The zero-order valence-electron chi connectivity index (χ0n) is 17.5. The Morgan fingerprint density at radius 3 is 1.50 bits per heavy atom. The van der Waals surface area contributed by atoms with E-state index in [1.807, 2.05) is 67.6 Å². The van der Waals surface area contributed by atoms with Crippen molar-refractivity contribution >= 4 is 30.0 Å². The van der Waals surface area contributed by atoms with E-state index in [1.54, 1.807) is 36.4 Å². The van der Waals surface area contributed by atoms with Crippen LogP contribution >= 0.6 is 7.57 Å². The highest BCUT2D eigenvalue weighted by Crippen LogP contribution is 2.80. The van der Waals surface area contributed by atoms with Gasteiger partial charge >= 0.3 is 0 Å². The van der Waals surface area contributed by atoms with Gasteiger partial charge in [0.05, 0.1) is 17.3 Å². The van der Waals surface area contributed by atoms with Crippen LogP contribution in [0, 0.1) is 6.04 Å². The Kier molecular flexibility index (Phi) is 5.11. The van der Waals surface area contributed by atoms with Crippen LogP contribution in [0.1, 0.15) is 38.8 Å². The first-order valence-electron chi connectivity index (χ1n) is 10.5. The smallest absolute Gasteiger partial charge is 0.267 e. The molecular formula is C27H21FNO2P+. The van der Waals surface area contributed by atoms with Crippen LogP contribution in [-0.4, -0.2) is 22.9 Å². The lowest BCUT2D eigenvalue weighted by molar-refractivity contribution is 0.0686. The predicted octanol–water partition coefficient (Wildman–Crippen LogP) is 6.83. The second-order valence-electron chi connectivity index (χ2n) is 7.74. The van der Waals surface area contributed by atoms with Crippen LogP contribution in [0.3, 0.4) is 0 Å².